The van der Waals surface area contributed by atoms with E-state index in [1.165, 1.54) is 21.9 Å². The minimum absolute atomic E-state index is 0.727. The lowest BCUT2D eigenvalue weighted by atomic mass is 10.5. The molecule has 0 aromatic carbocycles. The number of nitrogens with zero attached hydrogens (tertiary/aromatic N) is 1. The Morgan fingerprint density at radius 1 is 1.55 bits per heavy atom. The largest absolute Gasteiger partial charge is 0.305 e. The molecule has 1 heterocycles. The molecule has 11 heavy (non-hydrogen) atoms. The summed E-state index contributed by atoms with van der Waals surface area (Å²) >= 11 is 1.36. The molecule has 0 aliphatic heterocycles. The van der Waals surface area contributed by atoms with Gasteiger partial charge in [-0.25, -0.2) is 4.98 Å². The Labute approximate surface area is 74.3 Å². The number of pyridine rings is 1. The number of hydrogen-bond donors (Lipinski definition) is 0. The highest BCUT2D eigenvalue weighted by atomic mass is 33.1. The molecule has 0 aliphatic carbocycles. The molecule has 0 unspecified atom stereocenters. The Kier molecular flexibility index (Phi) is 4.42. The van der Waals surface area contributed by atoms with E-state index in [4.69, 9.17) is 4.18 Å². The highest BCUT2D eigenvalue weighted by molar-refractivity contribution is 8.74. The molecule has 2 nitrogen and oxygen atoms in total. The van der Waals surface area contributed by atoms with E-state index in [1.54, 1.807) is 6.20 Å². The average molecular weight is 187 g/mol. The van der Waals surface area contributed by atoms with Crippen LogP contribution in [0.5, 0.6) is 0 Å². The van der Waals surface area contributed by atoms with Gasteiger partial charge in [0.25, 0.3) is 0 Å². The second kappa shape index (κ2) is 5.46. The zero-order valence-electron chi connectivity index (χ0n) is 6.19. The van der Waals surface area contributed by atoms with Gasteiger partial charge < -0.3 is 4.18 Å². The third kappa shape index (κ3) is 3.65. The molecule has 60 valence electrons. The zero-order valence-corrected chi connectivity index (χ0v) is 7.82. The van der Waals surface area contributed by atoms with Gasteiger partial charge in [-0.05, 0) is 29.9 Å². The van der Waals surface area contributed by atoms with Crippen LogP contribution in [0.3, 0.4) is 0 Å². The lowest BCUT2D eigenvalue weighted by Gasteiger charge is -1.96. The Morgan fingerprint density at radius 3 is 3.09 bits per heavy atom. The third-order valence-corrected chi connectivity index (χ3v) is 2.74. The van der Waals surface area contributed by atoms with Gasteiger partial charge in [0, 0.05) is 6.20 Å². The van der Waals surface area contributed by atoms with E-state index < -0.39 is 0 Å². The number of rotatable bonds is 4. The summed E-state index contributed by atoms with van der Waals surface area (Å²) in [6.45, 7) is 2.69. The van der Waals surface area contributed by atoms with Gasteiger partial charge in [-0.3, -0.25) is 0 Å². The molecule has 4 heteroatoms. The molecule has 1 rings (SSSR count). The van der Waals surface area contributed by atoms with Crippen LogP contribution in [-0.4, -0.2) is 11.6 Å². The Morgan fingerprint density at radius 2 is 2.45 bits per heavy atom. The molecule has 0 radical (unpaired) electrons. The van der Waals surface area contributed by atoms with Gasteiger partial charge in [-0.15, -0.1) is 0 Å². The molecule has 0 bridgehead atoms. The van der Waals surface area contributed by atoms with Crippen LogP contribution in [0, 0.1) is 0 Å². The molecule has 0 aliphatic rings. The fourth-order valence-corrected chi connectivity index (χ4v) is 1.89. The second-order valence-corrected chi connectivity index (χ2v) is 3.59. The van der Waals surface area contributed by atoms with E-state index in [2.05, 4.69) is 4.98 Å². The first-order valence-electron chi connectivity index (χ1n) is 3.30. The van der Waals surface area contributed by atoms with Crippen LogP contribution in [-0.2, 0) is 4.18 Å². The van der Waals surface area contributed by atoms with E-state index in [-0.39, 0.29) is 0 Å². The van der Waals surface area contributed by atoms with E-state index in [9.17, 15) is 0 Å². The van der Waals surface area contributed by atoms with Crippen molar-refractivity contribution in [1.82, 2.24) is 4.98 Å². The topological polar surface area (TPSA) is 22.1 Å². The van der Waals surface area contributed by atoms with Gasteiger partial charge in [0.2, 0.25) is 0 Å². The van der Waals surface area contributed by atoms with Crippen molar-refractivity contribution in [3.8, 4) is 0 Å². The van der Waals surface area contributed by atoms with Crippen LogP contribution in [0.1, 0.15) is 6.92 Å². The van der Waals surface area contributed by atoms with E-state index in [1.807, 2.05) is 25.1 Å². The maximum absolute atomic E-state index is 5.08. The van der Waals surface area contributed by atoms with Gasteiger partial charge in [-0.1, -0.05) is 6.07 Å². The quantitative estimate of drug-likeness (QED) is 0.410. The monoisotopic (exact) mass is 187 g/mol. The minimum atomic E-state index is 0.727. The molecule has 0 saturated carbocycles. The van der Waals surface area contributed by atoms with Crippen molar-refractivity contribution >= 4 is 21.9 Å². The molecule has 0 spiro atoms. The Balaban J connectivity index is 2.28. The summed E-state index contributed by atoms with van der Waals surface area (Å²) in [5.74, 6) is 0. The average Bonchev–Trinajstić information content (AvgIpc) is 2.07. The van der Waals surface area contributed by atoms with Crippen molar-refractivity contribution in [2.75, 3.05) is 6.61 Å². The molecule has 0 N–H and O–H groups in total. The van der Waals surface area contributed by atoms with Crippen LogP contribution < -0.4 is 0 Å². The third-order valence-electron chi connectivity index (χ3n) is 0.923. The van der Waals surface area contributed by atoms with Crippen molar-refractivity contribution in [2.45, 2.75) is 11.9 Å². The summed E-state index contributed by atoms with van der Waals surface area (Å²) in [6.07, 6.45) is 1.77. The van der Waals surface area contributed by atoms with E-state index >= 15 is 0 Å². The highest BCUT2D eigenvalue weighted by Crippen LogP contribution is 2.29. The summed E-state index contributed by atoms with van der Waals surface area (Å²) in [7, 11) is 1.53. The predicted molar refractivity (Wildman–Crippen MR) is 49.3 cm³/mol. The summed E-state index contributed by atoms with van der Waals surface area (Å²) in [4.78, 5) is 4.11. The molecular formula is C7H9NOS2. The smallest absolute Gasteiger partial charge is 0.109 e. The van der Waals surface area contributed by atoms with Crippen molar-refractivity contribution in [1.29, 1.82) is 0 Å². The van der Waals surface area contributed by atoms with Gasteiger partial charge >= 0.3 is 0 Å². The standard InChI is InChI=1S/C7H9NOS2/c1-2-9-11-10-7-5-3-4-6-8-7/h3-6H,2H2,1H3. The van der Waals surface area contributed by atoms with Gasteiger partial charge in [0.05, 0.1) is 17.7 Å². The first-order chi connectivity index (χ1) is 5.43. The zero-order chi connectivity index (χ0) is 7.94. The molecular weight excluding hydrogens is 178 g/mol. The fraction of sp³-hybridized carbons (Fsp3) is 0.286. The maximum atomic E-state index is 5.08. The van der Waals surface area contributed by atoms with Crippen molar-refractivity contribution in [2.24, 2.45) is 0 Å². The van der Waals surface area contributed by atoms with Gasteiger partial charge in [-0.2, -0.15) is 0 Å². The van der Waals surface area contributed by atoms with Crippen LogP contribution in [0.25, 0.3) is 0 Å². The van der Waals surface area contributed by atoms with E-state index in [0.717, 1.165) is 11.6 Å². The van der Waals surface area contributed by atoms with Crippen molar-refractivity contribution in [3.63, 3.8) is 0 Å². The second-order valence-electron chi connectivity index (χ2n) is 1.73. The van der Waals surface area contributed by atoms with Crippen molar-refractivity contribution in [3.05, 3.63) is 24.4 Å². The normalized spacial score (nSPS) is 9.91. The Bertz CT molecular complexity index is 193. The van der Waals surface area contributed by atoms with Crippen LogP contribution >= 0.6 is 21.9 Å². The van der Waals surface area contributed by atoms with Gasteiger partial charge in [0.1, 0.15) is 5.03 Å². The van der Waals surface area contributed by atoms with Crippen LogP contribution in [0.15, 0.2) is 29.4 Å². The SMILES string of the molecule is CCOSSc1ccccn1. The van der Waals surface area contributed by atoms with Gasteiger partial charge in [0.15, 0.2) is 0 Å². The van der Waals surface area contributed by atoms with Crippen LogP contribution in [0.4, 0.5) is 0 Å². The molecule has 0 atom stereocenters. The highest BCUT2D eigenvalue weighted by Gasteiger charge is 1.92. The molecule has 1 aromatic rings. The summed E-state index contributed by atoms with van der Waals surface area (Å²) in [5.41, 5.74) is 0. The molecule has 1 aromatic heterocycles. The van der Waals surface area contributed by atoms with E-state index in [0.29, 0.717) is 0 Å². The molecule has 0 fully saturated rings. The number of hydrogen-bond acceptors (Lipinski definition) is 4. The summed E-state index contributed by atoms with van der Waals surface area (Å²) < 4.78 is 5.08. The summed E-state index contributed by atoms with van der Waals surface area (Å²) in [5, 5.41) is 0.978. The van der Waals surface area contributed by atoms with Crippen molar-refractivity contribution < 1.29 is 4.18 Å². The first kappa shape index (κ1) is 8.90. The molecule has 0 amide bonds. The Hall–Kier alpha value is -0.190. The number of aromatic nitrogens is 1. The molecule has 0 saturated heterocycles. The minimum Gasteiger partial charge on any atom is -0.305 e. The summed E-state index contributed by atoms with van der Waals surface area (Å²) in [6, 6.07) is 5.81. The predicted octanol–water partition coefficient (Wildman–Crippen LogP) is 2.77. The lowest BCUT2D eigenvalue weighted by Crippen LogP contribution is -1.75. The fourth-order valence-electron chi connectivity index (χ4n) is 0.503. The lowest BCUT2D eigenvalue weighted by molar-refractivity contribution is 0.408. The van der Waals surface area contributed by atoms with Crippen LogP contribution in [0.2, 0.25) is 0 Å². The maximum Gasteiger partial charge on any atom is 0.109 e. The first-order valence-corrected chi connectivity index (χ1v) is 5.38.